The fourth-order valence-electron chi connectivity index (χ4n) is 3.73. The first-order chi connectivity index (χ1) is 13.4. The van der Waals surface area contributed by atoms with Gasteiger partial charge in [-0.05, 0) is 24.6 Å². The first kappa shape index (κ1) is 19.7. The Kier molecular flexibility index (Phi) is 5.56. The first-order valence-electron chi connectivity index (χ1n) is 9.22. The van der Waals surface area contributed by atoms with Crippen molar-refractivity contribution < 1.29 is 4.74 Å². The molecule has 1 aliphatic heterocycles. The molecular formula is C20H25N5O3. The van der Waals surface area contributed by atoms with Gasteiger partial charge in [-0.15, -0.1) is 0 Å². The van der Waals surface area contributed by atoms with Gasteiger partial charge < -0.3 is 9.64 Å². The molecule has 8 heteroatoms. The van der Waals surface area contributed by atoms with Crippen LogP contribution in [0.25, 0.3) is 0 Å². The van der Waals surface area contributed by atoms with Gasteiger partial charge in [0.2, 0.25) is 0 Å². The molecule has 1 atom stereocenters. The average molecular weight is 383 g/mol. The summed E-state index contributed by atoms with van der Waals surface area (Å²) in [6.07, 6.45) is 0. The lowest BCUT2D eigenvalue weighted by Crippen LogP contribution is -2.50. The molecule has 0 aliphatic carbocycles. The van der Waals surface area contributed by atoms with Crippen molar-refractivity contribution in [1.29, 1.82) is 5.26 Å². The van der Waals surface area contributed by atoms with Crippen LogP contribution in [0.3, 0.4) is 0 Å². The smallest absolute Gasteiger partial charge is 0.332 e. The molecule has 0 amide bonds. The lowest BCUT2D eigenvalue weighted by atomic mass is 10.1. The van der Waals surface area contributed by atoms with Crippen molar-refractivity contribution in [3.63, 3.8) is 0 Å². The highest BCUT2D eigenvalue weighted by molar-refractivity contribution is 5.53. The quantitative estimate of drug-likeness (QED) is 0.778. The molecular weight excluding hydrogens is 358 g/mol. The molecule has 1 saturated heterocycles. The van der Waals surface area contributed by atoms with Gasteiger partial charge in [-0.1, -0.05) is 12.1 Å². The van der Waals surface area contributed by atoms with Crippen LogP contribution in [0, 0.1) is 11.3 Å². The van der Waals surface area contributed by atoms with E-state index in [4.69, 9.17) is 4.74 Å². The highest BCUT2D eigenvalue weighted by atomic mass is 16.5. The fourth-order valence-corrected chi connectivity index (χ4v) is 3.73. The third-order valence-electron chi connectivity index (χ3n) is 5.48. The number of anilines is 1. The van der Waals surface area contributed by atoms with E-state index in [1.165, 1.54) is 17.2 Å². The molecule has 0 spiro atoms. The van der Waals surface area contributed by atoms with E-state index in [-0.39, 0.29) is 11.6 Å². The van der Waals surface area contributed by atoms with E-state index in [2.05, 4.69) is 17.9 Å². The highest BCUT2D eigenvalue weighted by Crippen LogP contribution is 2.26. The van der Waals surface area contributed by atoms with Gasteiger partial charge in [0.25, 0.3) is 5.56 Å². The van der Waals surface area contributed by atoms with E-state index in [0.29, 0.717) is 18.9 Å². The Balaban J connectivity index is 1.82. The lowest BCUT2D eigenvalue weighted by molar-refractivity contribution is 0.197. The van der Waals surface area contributed by atoms with Crippen molar-refractivity contribution in [1.82, 2.24) is 14.0 Å². The molecule has 0 radical (unpaired) electrons. The van der Waals surface area contributed by atoms with Gasteiger partial charge in [0.15, 0.2) is 5.56 Å². The van der Waals surface area contributed by atoms with Crippen LogP contribution < -0.4 is 20.9 Å². The monoisotopic (exact) mass is 383 g/mol. The number of methoxy groups -OCH3 is 1. The van der Waals surface area contributed by atoms with Gasteiger partial charge in [0.1, 0.15) is 17.6 Å². The predicted molar refractivity (Wildman–Crippen MR) is 107 cm³/mol. The van der Waals surface area contributed by atoms with E-state index >= 15 is 0 Å². The molecule has 0 bridgehead atoms. The van der Waals surface area contributed by atoms with E-state index in [1.807, 2.05) is 29.2 Å². The van der Waals surface area contributed by atoms with Crippen LogP contribution in [0.5, 0.6) is 5.75 Å². The second-order valence-corrected chi connectivity index (χ2v) is 6.99. The van der Waals surface area contributed by atoms with Crippen molar-refractivity contribution >= 4 is 5.82 Å². The van der Waals surface area contributed by atoms with Crippen LogP contribution in [-0.2, 0) is 14.1 Å². The summed E-state index contributed by atoms with van der Waals surface area (Å²) in [6.45, 7) is 4.92. The molecule has 0 saturated carbocycles. The molecule has 2 aromatic rings. The zero-order chi connectivity index (χ0) is 20.4. The maximum absolute atomic E-state index is 12.3. The second-order valence-electron chi connectivity index (χ2n) is 6.99. The minimum Gasteiger partial charge on any atom is -0.497 e. The van der Waals surface area contributed by atoms with Crippen LogP contribution in [0.15, 0.2) is 33.9 Å². The standard InChI is InChI=1S/C20H25N5O3/c1-14(15-6-5-7-16(12-15)28-4)24-8-10-25(11-9-24)18-17(13-21)19(26)23(3)20(27)22(18)2/h5-7,12,14H,8-11H2,1-4H3. The lowest BCUT2D eigenvalue weighted by Gasteiger charge is -2.39. The summed E-state index contributed by atoms with van der Waals surface area (Å²) in [5.41, 5.74) is 0.212. The molecule has 2 heterocycles. The van der Waals surface area contributed by atoms with E-state index in [0.717, 1.165) is 23.4 Å². The van der Waals surface area contributed by atoms with Crippen LogP contribution >= 0.6 is 0 Å². The van der Waals surface area contributed by atoms with E-state index < -0.39 is 11.2 Å². The fraction of sp³-hybridized carbons (Fsp3) is 0.450. The van der Waals surface area contributed by atoms with Crippen molar-refractivity contribution in [2.75, 3.05) is 38.2 Å². The molecule has 1 aliphatic rings. The molecule has 1 aromatic carbocycles. The van der Waals surface area contributed by atoms with Gasteiger partial charge in [-0.3, -0.25) is 18.8 Å². The molecule has 3 rings (SSSR count). The minimum absolute atomic E-state index is 0.0129. The Morgan fingerprint density at radius 1 is 1.11 bits per heavy atom. The Morgan fingerprint density at radius 2 is 1.79 bits per heavy atom. The third kappa shape index (κ3) is 3.41. The molecule has 1 aromatic heterocycles. The Bertz CT molecular complexity index is 1030. The van der Waals surface area contributed by atoms with Gasteiger partial charge >= 0.3 is 5.69 Å². The van der Waals surface area contributed by atoms with E-state index in [1.54, 1.807) is 14.2 Å². The number of ether oxygens (including phenoxy) is 1. The minimum atomic E-state index is -0.548. The van der Waals surface area contributed by atoms with E-state index in [9.17, 15) is 14.9 Å². The maximum atomic E-state index is 12.3. The van der Waals surface area contributed by atoms with Gasteiger partial charge in [0.05, 0.1) is 7.11 Å². The number of hydrogen-bond acceptors (Lipinski definition) is 6. The Morgan fingerprint density at radius 3 is 2.39 bits per heavy atom. The summed E-state index contributed by atoms with van der Waals surface area (Å²) in [5, 5.41) is 9.48. The van der Waals surface area contributed by atoms with Crippen molar-refractivity contribution in [2.24, 2.45) is 14.1 Å². The highest BCUT2D eigenvalue weighted by Gasteiger charge is 2.27. The Labute approximate surface area is 163 Å². The summed E-state index contributed by atoms with van der Waals surface area (Å²) in [4.78, 5) is 28.9. The normalized spacial score (nSPS) is 15.9. The summed E-state index contributed by atoms with van der Waals surface area (Å²) in [7, 11) is 4.65. The summed E-state index contributed by atoms with van der Waals surface area (Å²) < 4.78 is 7.68. The summed E-state index contributed by atoms with van der Waals surface area (Å²) in [5.74, 6) is 1.24. The number of aromatic nitrogens is 2. The largest absolute Gasteiger partial charge is 0.497 e. The number of rotatable bonds is 4. The van der Waals surface area contributed by atoms with Crippen LogP contribution in [0.2, 0.25) is 0 Å². The Hall–Kier alpha value is -3.05. The van der Waals surface area contributed by atoms with Gasteiger partial charge in [0, 0.05) is 46.3 Å². The van der Waals surface area contributed by atoms with Gasteiger partial charge in [-0.2, -0.15) is 5.26 Å². The third-order valence-corrected chi connectivity index (χ3v) is 5.48. The molecule has 28 heavy (non-hydrogen) atoms. The average Bonchev–Trinajstić information content (AvgIpc) is 2.74. The van der Waals surface area contributed by atoms with Crippen molar-refractivity contribution in [3.8, 4) is 11.8 Å². The zero-order valence-corrected chi connectivity index (χ0v) is 16.7. The molecule has 0 N–H and O–H groups in total. The molecule has 148 valence electrons. The number of hydrogen-bond donors (Lipinski definition) is 0. The maximum Gasteiger partial charge on any atom is 0.332 e. The number of nitrogens with zero attached hydrogens (tertiary/aromatic N) is 5. The van der Waals surface area contributed by atoms with Crippen molar-refractivity contribution in [3.05, 3.63) is 56.2 Å². The number of nitriles is 1. The second kappa shape index (κ2) is 7.90. The van der Waals surface area contributed by atoms with Crippen LogP contribution in [0.4, 0.5) is 5.82 Å². The molecule has 1 unspecified atom stereocenters. The zero-order valence-electron chi connectivity index (χ0n) is 16.7. The van der Waals surface area contributed by atoms with Crippen molar-refractivity contribution in [2.45, 2.75) is 13.0 Å². The number of piperazine rings is 1. The predicted octanol–water partition coefficient (Wildman–Crippen LogP) is 0.847. The van der Waals surface area contributed by atoms with Crippen LogP contribution in [-0.4, -0.2) is 47.3 Å². The SMILES string of the molecule is COc1cccc(C(C)N2CCN(c3c(C#N)c(=O)n(C)c(=O)n3C)CC2)c1. The number of benzene rings is 1. The molecule has 8 nitrogen and oxygen atoms in total. The van der Waals surface area contributed by atoms with Crippen LogP contribution in [0.1, 0.15) is 24.1 Å². The first-order valence-corrected chi connectivity index (χ1v) is 9.22. The summed E-state index contributed by atoms with van der Waals surface area (Å²) >= 11 is 0. The summed E-state index contributed by atoms with van der Waals surface area (Å²) in [6, 6.07) is 10.2. The van der Waals surface area contributed by atoms with Gasteiger partial charge in [-0.25, -0.2) is 4.79 Å². The molecule has 1 fully saturated rings. The topological polar surface area (TPSA) is 83.5 Å².